The Morgan fingerprint density at radius 3 is 2.41 bits per heavy atom. The largest absolute Gasteiger partial charge is 0.492 e. The number of halogens is 1. The number of likely N-dealkylation sites (N-methyl/N-ethyl adjacent to an activating group) is 1. The molecule has 0 atom stereocenters. The first kappa shape index (κ1) is 20.6. The van der Waals surface area contributed by atoms with E-state index in [1.54, 1.807) is 24.3 Å². The molecule has 126 valence electrons. The lowest BCUT2D eigenvalue weighted by atomic mass is 10.3. The lowest BCUT2D eigenvalue weighted by Gasteiger charge is -2.15. The molecule has 0 saturated carbocycles. The Kier molecular flexibility index (Phi) is 9.03. The summed E-state index contributed by atoms with van der Waals surface area (Å²) in [6.45, 7) is 2.16. The van der Waals surface area contributed by atoms with Crippen LogP contribution in [0, 0.1) is 0 Å². The molecule has 0 bridgehead atoms. The molecule has 0 fully saturated rings. The molecule has 0 aromatic heterocycles. The van der Waals surface area contributed by atoms with Gasteiger partial charge in [-0.15, -0.1) is 12.4 Å². The zero-order chi connectivity index (χ0) is 15.9. The van der Waals surface area contributed by atoms with Crippen LogP contribution in [0.3, 0.4) is 0 Å². The van der Waals surface area contributed by atoms with Gasteiger partial charge in [-0.3, -0.25) is 4.79 Å². The van der Waals surface area contributed by atoms with Crippen LogP contribution in [0.1, 0.15) is 6.92 Å². The SMILES string of the molecule is CCS(=O)(=O)N(C)CC(=O)Nc1ccc(OCCN)cc1.Cl. The normalized spacial score (nSPS) is 10.9. The molecule has 1 aromatic rings. The smallest absolute Gasteiger partial charge is 0.239 e. The van der Waals surface area contributed by atoms with Crippen LogP contribution < -0.4 is 15.8 Å². The van der Waals surface area contributed by atoms with E-state index in [2.05, 4.69) is 5.32 Å². The van der Waals surface area contributed by atoms with E-state index in [1.807, 2.05) is 0 Å². The second kappa shape index (κ2) is 9.62. The van der Waals surface area contributed by atoms with Crippen molar-refractivity contribution in [1.29, 1.82) is 0 Å². The number of nitrogens with zero attached hydrogens (tertiary/aromatic N) is 1. The third-order valence-corrected chi connectivity index (χ3v) is 4.54. The predicted octanol–water partition coefficient (Wildman–Crippen LogP) is 0.666. The van der Waals surface area contributed by atoms with E-state index in [0.717, 1.165) is 4.31 Å². The van der Waals surface area contributed by atoms with Gasteiger partial charge in [0.15, 0.2) is 0 Å². The van der Waals surface area contributed by atoms with Gasteiger partial charge < -0.3 is 15.8 Å². The van der Waals surface area contributed by atoms with Crippen molar-refractivity contribution in [3.63, 3.8) is 0 Å². The summed E-state index contributed by atoms with van der Waals surface area (Å²) in [4.78, 5) is 11.8. The van der Waals surface area contributed by atoms with E-state index in [9.17, 15) is 13.2 Å². The van der Waals surface area contributed by atoms with Crippen molar-refractivity contribution in [3.8, 4) is 5.75 Å². The molecule has 0 aliphatic carbocycles. The zero-order valence-electron chi connectivity index (χ0n) is 12.6. The van der Waals surface area contributed by atoms with Crippen molar-refractivity contribution in [2.75, 3.05) is 37.8 Å². The number of rotatable bonds is 8. The Balaban J connectivity index is 0.00000441. The Hall–Kier alpha value is -1.35. The van der Waals surface area contributed by atoms with E-state index in [-0.39, 0.29) is 24.7 Å². The van der Waals surface area contributed by atoms with Crippen LogP contribution in [-0.2, 0) is 14.8 Å². The van der Waals surface area contributed by atoms with Gasteiger partial charge in [0.05, 0.1) is 12.3 Å². The van der Waals surface area contributed by atoms with E-state index < -0.39 is 15.9 Å². The Bertz CT molecular complexity index is 563. The van der Waals surface area contributed by atoms with Crippen molar-refractivity contribution < 1.29 is 17.9 Å². The molecule has 9 heteroatoms. The first-order valence-corrected chi connectivity index (χ1v) is 8.16. The van der Waals surface area contributed by atoms with Crippen molar-refractivity contribution in [1.82, 2.24) is 4.31 Å². The van der Waals surface area contributed by atoms with Crippen molar-refractivity contribution in [2.45, 2.75) is 6.92 Å². The molecule has 0 heterocycles. The van der Waals surface area contributed by atoms with Crippen molar-refractivity contribution in [3.05, 3.63) is 24.3 Å². The monoisotopic (exact) mass is 351 g/mol. The molecule has 0 aliphatic heterocycles. The van der Waals surface area contributed by atoms with Gasteiger partial charge >= 0.3 is 0 Å². The number of carbonyl (C=O) groups is 1. The number of anilines is 1. The van der Waals surface area contributed by atoms with Gasteiger partial charge in [0, 0.05) is 19.3 Å². The van der Waals surface area contributed by atoms with Crippen LogP contribution in [0.4, 0.5) is 5.69 Å². The number of ether oxygens (including phenoxy) is 1. The number of amides is 1. The zero-order valence-corrected chi connectivity index (χ0v) is 14.2. The van der Waals surface area contributed by atoms with Crippen LogP contribution in [0.15, 0.2) is 24.3 Å². The molecule has 0 saturated heterocycles. The second-order valence-electron chi connectivity index (χ2n) is 4.37. The molecule has 7 nitrogen and oxygen atoms in total. The maximum Gasteiger partial charge on any atom is 0.239 e. The van der Waals surface area contributed by atoms with Gasteiger partial charge in [-0.1, -0.05) is 0 Å². The minimum atomic E-state index is -3.36. The molecule has 22 heavy (non-hydrogen) atoms. The van der Waals surface area contributed by atoms with Crippen molar-refractivity contribution >= 4 is 34.0 Å². The van der Waals surface area contributed by atoms with E-state index >= 15 is 0 Å². The number of hydrogen-bond donors (Lipinski definition) is 2. The van der Waals surface area contributed by atoms with Gasteiger partial charge in [-0.25, -0.2) is 8.42 Å². The van der Waals surface area contributed by atoms with Crippen LogP contribution in [0.2, 0.25) is 0 Å². The number of carbonyl (C=O) groups excluding carboxylic acids is 1. The molecule has 0 spiro atoms. The quantitative estimate of drug-likeness (QED) is 0.716. The summed E-state index contributed by atoms with van der Waals surface area (Å²) >= 11 is 0. The summed E-state index contributed by atoms with van der Waals surface area (Å²) < 4.78 is 29.4. The van der Waals surface area contributed by atoms with Gasteiger partial charge in [-0.05, 0) is 31.2 Å². The Labute approximate surface area is 137 Å². The van der Waals surface area contributed by atoms with Crippen LogP contribution in [0.5, 0.6) is 5.75 Å². The maximum absolute atomic E-state index is 11.8. The first-order valence-electron chi connectivity index (χ1n) is 6.56. The molecule has 0 unspecified atom stereocenters. The van der Waals surface area contributed by atoms with Crippen LogP contribution in [0.25, 0.3) is 0 Å². The van der Waals surface area contributed by atoms with Gasteiger partial charge in [0.1, 0.15) is 12.4 Å². The molecule has 1 rings (SSSR count). The summed E-state index contributed by atoms with van der Waals surface area (Å²) in [6, 6.07) is 6.77. The fourth-order valence-electron chi connectivity index (χ4n) is 1.53. The lowest BCUT2D eigenvalue weighted by molar-refractivity contribution is -0.116. The highest BCUT2D eigenvalue weighted by atomic mass is 35.5. The van der Waals surface area contributed by atoms with Crippen LogP contribution >= 0.6 is 12.4 Å². The van der Waals surface area contributed by atoms with Gasteiger partial charge in [0.25, 0.3) is 0 Å². The van der Waals surface area contributed by atoms with E-state index in [0.29, 0.717) is 24.6 Å². The molecule has 3 N–H and O–H groups in total. The third kappa shape index (κ3) is 6.61. The fourth-order valence-corrected chi connectivity index (χ4v) is 2.29. The number of hydrogen-bond acceptors (Lipinski definition) is 5. The molecular weight excluding hydrogens is 330 g/mol. The minimum Gasteiger partial charge on any atom is -0.492 e. The average Bonchev–Trinajstić information content (AvgIpc) is 2.46. The highest BCUT2D eigenvalue weighted by Crippen LogP contribution is 2.15. The number of nitrogens with one attached hydrogen (secondary N) is 1. The molecule has 0 radical (unpaired) electrons. The third-order valence-electron chi connectivity index (χ3n) is 2.73. The summed E-state index contributed by atoms with van der Waals surface area (Å²) in [7, 11) is -1.98. The fraction of sp³-hybridized carbons (Fsp3) is 0.462. The number of nitrogens with two attached hydrogens (primary N) is 1. The van der Waals surface area contributed by atoms with Crippen molar-refractivity contribution in [2.24, 2.45) is 5.73 Å². The van der Waals surface area contributed by atoms with E-state index in [1.165, 1.54) is 14.0 Å². The highest BCUT2D eigenvalue weighted by Gasteiger charge is 2.18. The molecule has 0 aliphatic rings. The summed E-state index contributed by atoms with van der Waals surface area (Å²) in [5.74, 6) is 0.221. The molecule has 1 aromatic carbocycles. The number of sulfonamides is 1. The molecular formula is C13H22ClN3O4S. The summed E-state index contributed by atoms with van der Waals surface area (Å²) in [5, 5.41) is 2.63. The molecule has 1 amide bonds. The minimum absolute atomic E-state index is 0. The Morgan fingerprint density at radius 2 is 1.91 bits per heavy atom. The van der Waals surface area contributed by atoms with E-state index in [4.69, 9.17) is 10.5 Å². The predicted molar refractivity (Wildman–Crippen MR) is 89.0 cm³/mol. The van der Waals surface area contributed by atoms with Crippen LogP contribution in [-0.4, -0.2) is 51.1 Å². The summed E-state index contributed by atoms with van der Waals surface area (Å²) in [5.41, 5.74) is 5.90. The topological polar surface area (TPSA) is 102 Å². The Morgan fingerprint density at radius 1 is 1.32 bits per heavy atom. The summed E-state index contributed by atoms with van der Waals surface area (Å²) in [6.07, 6.45) is 0. The maximum atomic E-state index is 11.8. The van der Waals surface area contributed by atoms with Gasteiger partial charge in [0.2, 0.25) is 15.9 Å². The first-order chi connectivity index (χ1) is 9.89. The lowest BCUT2D eigenvalue weighted by Crippen LogP contribution is -2.35. The second-order valence-corrected chi connectivity index (χ2v) is 6.73. The number of benzene rings is 1. The standard InChI is InChI=1S/C13H21N3O4S.ClH/c1-3-21(18,19)16(2)10-13(17)15-11-4-6-12(7-5-11)20-9-8-14;/h4-7H,3,8-10,14H2,1-2H3,(H,15,17);1H. The van der Waals surface area contributed by atoms with Gasteiger partial charge in [-0.2, -0.15) is 4.31 Å². The highest BCUT2D eigenvalue weighted by molar-refractivity contribution is 7.89. The average molecular weight is 352 g/mol.